The zero-order chi connectivity index (χ0) is 16.4. The number of methoxy groups -OCH3 is 1. The molecule has 1 rings (SSSR count). The number of aliphatic hydroxyl groups is 1. The van der Waals surface area contributed by atoms with E-state index < -0.39 is 23.7 Å². The van der Waals surface area contributed by atoms with Gasteiger partial charge in [-0.3, -0.25) is 4.79 Å². The normalized spacial score (nSPS) is 14.2. The number of ether oxygens (including phenoxy) is 1. The van der Waals surface area contributed by atoms with Crippen LogP contribution in [0.2, 0.25) is 0 Å². The summed E-state index contributed by atoms with van der Waals surface area (Å²) in [5.41, 5.74) is -2.86. The van der Waals surface area contributed by atoms with Crippen molar-refractivity contribution in [3.63, 3.8) is 0 Å². The molecule has 0 bridgehead atoms. The smallest absolute Gasteiger partial charge is 0.426 e. The highest BCUT2D eigenvalue weighted by Crippen LogP contribution is 2.31. The lowest BCUT2D eigenvalue weighted by atomic mass is 10.0. The maximum absolute atomic E-state index is 12.5. The predicted octanol–water partition coefficient (Wildman–Crippen LogP) is 2.03. The van der Waals surface area contributed by atoms with Gasteiger partial charge < -0.3 is 15.2 Å². The van der Waals surface area contributed by atoms with Gasteiger partial charge in [-0.1, -0.05) is 0 Å². The Morgan fingerprint density at radius 3 is 2.29 bits per heavy atom. The predicted molar refractivity (Wildman–Crippen MR) is 67.8 cm³/mol. The lowest BCUT2D eigenvalue weighted by molar-refractivity contribution is -0.242. The molecular formula is C13H14F3NO4. The van der Waals surface area contributed by atoms with E-state index in [1.165, 1.54) is 32.2 Å². The molecule has 21 heavy (non-hydrogen) atoms. The van der Waals surface area contributed by atoms with Crippen LogP contribution in [0.4, 0.5) is 18.9 Å². The number of hydrogen-bond donors (Lipinski definition) is 2. The van der Waals surface area contributed by atoms with Gasteiger partial charge in [-0.15, -0.1) is 0 Å². The van der Waals surface area contributed by atoms with E-state index in [1.54, 1.807) is 0 Å². The maximum atomic E-state index is 12.5. The molecule has 0 saturated heterocycles. The summed E-state index contributed by atoms with van der Waals surface area (Å²) in [5, 5.41) is 11.2. The fourth-order valence-electron chi connectivity index (χ4n) is 1.46. The highest BCUT2D eigenvalue weighted by atomic mass is 19.4. The molecule has 0 radical (unpaired) electrons. The van der Waals surface area contributed by atoms with Gasteiger partial charge in [-0.25, -0.2) is 4.79 Å². The molecule has 0 spiro atoms. The van der Waals surface area contributed by atoms with Gasteiger partial charge in [0.2, 0.25) is 5.60 Å². The van der Waals surface area contributed by atoms with Crippen molar-refractivity contribution in [1.29, 1.82) is 0 Å². The topological polar surface area (TPSA) is 75.6 Å². The van der Waals surface area contributed by atoms with E-state index in [9.17, 15) is 27.9 Å². The summed E-state index contributed by atoms with van der Waals surface area (Å²) < 4.78 is 42.1. The van der Waals surface area contributed by atoms with Crippen LogP contribution in [-0.2, 0) is 9.53 Å². The molecule has 8 heteroatoms. The van der Waals surface area contributed by atoms with E-state index in [-0.39, 0.29) is 11.3 Å². The summed E-state index contributed by atoms with van der Waals surface area (Å²) in [6.45, 7) is 1.89. The van der Waals surface area contributed by atoms with Crippen molar-refractivity contribution in [2.75, 3.05) is 12.4 Å². The van der Waals surface area contributed by atoms with Gasteiger partial charge in [0.15, 0.2) is 0 Å². The third kappa shape index (κ3) is 3.52. The highest BCUT2D eigenvalue weighted by molar-refractivity contribution is 5.98. The summed E-state index contributed by atoms with van der Waals surface area (Å²) in [6.07, 6.45) is -5.10. The van der Waals surface area contributed by atoms with Crippen molar-refractivity contribution < 1.29 is 32.6 Å². The number of esters is 1. The van der Waals surface area contributed by atoms with Crippen LogP contribution >= 0.6 is 0 Å². The van der Waals surface area contributed by atoms with Gasteiger partial charge in [0.1, 0.15) is 0 Å². The van der Waals surface area contributed by atoms with Gasteiger partial charge in [-0.05, 0) is 37.6 Å². The van der Waals surface area contributed by atoms with Crippen molar-refractivity contribution in [3.05, 3.63) is 29.3 Å². The van der Waals surface area contributed by atoms with Gasteiger partial charge in [-0.2, -0.15) is 13.2 Å². The zero-order valence-electron chi connectivity index (χ0n) is 11.5. The van der Waals surface area contributed by atoms with Crippen molar-refractivity contribution in [1.82, 2.24) is 0 Å². The SMILES string of the molecule is COC(=O)c1ccc(NC(=O)C(C)(O)C(F)(F)F)cc1C. The number of carbonyl (C=O) groups is 2. The van der Waals surface area contributed by atoms with Gasteiger partial charge in [0.25, 0.3) is 5.91 Å². The van der Waals surface area contributed by atoms with Crippen LogP contribution in [0, 0.1) is 6.92 Å². The molecule has 0 aliphatic carbocycles. The van der Waals surface area contributed by atoms with Crippen LogP contribution in [0.1, 0.15) is 22.8 Å². The van der Waals surface area contributed by atoms with E-state index in [4.69, 9.17) is 0 Å². The third-order valence-corrected chi connectivity index (χ3v) is 2.88. The standard InChI is InChI=1S/C13H14F3NO4/c1-7-6-8(4-5-9(7)10(18)21-3)17-11(19)12(2,20)13(14,15)16/h4-6,20H,1-3H3,(H,17,19). The molecule has 0 saturated carbocycles. The molecule has 0 aromatic heterocycles. The number of nitrogens with one attached hydrogen (secondary N) is 1. The van der Waals surface area contributed by atoms with E-state index in [0.29, 0.717) is 12.5 Å². The molecule has 0 aliphatic heterocycles. The Morgan fingerprint density at radius 2 is 1.86 bits per heavy atom. The molecule has 2 N–H and O–H groups in total. The van der Waals surface area contributed by atoms with Crippen LogP contribution in [0.3, 0.4) is 0 Å². The number of hydrogen-bond acceptors (Lipinski definition) is 4. The van der Waals surface area contributed by atoms with Crippen LogP contribution in [0.15, 0.2) is 18.2 Å². The number of alkyl halides is 3. The van der Waals surface area contributed by atoms with E-state index in [1.807, 2.05) is 5.32 Å². The number of amides is 1. The number of halogens is 3. The lowest BCUT2D eigenvalue weighted by Gasteiger charge is -2.25. The monoisotopic (exact) mass is 305 g/mol. The number of aryl methyl sites for hydroxylation is 1. The summed E-state index contributed by atoms with van der Waals surface area (Å²) >= 11 is 0. The third-order valence-electron chi connectivity index (χ3n) is 2.88. The first kappa shape index (κ1) is 17.0. The van der Waals surface area contributed by atoms with Crippen LogP contribution in [0.5, 0.6) is 0 Å². The molecule has 1 aromatic rings. The maximum Gasteiger partial charge on any atom is 0.426 e. The average Bonchev–Trinajstić information content (AvgIpc) is 2.36. The first-order valence-electron chi connectivity index (χ1n) is 5.80. The van der Waals surface area contributed by atoms with E-state index in [0.717, 1.165) is 0 Å². The van der Waals surface area contributed by atoms with Gasteiger partial charge in [0, 0.05) is 5.69 Å². The molecule has 5 nitrogen and oxygen atoms in total. The quantitative estimate of drug-likeness (QED) is 0.838. The molecule has 1 atom stereocenters. The Kier molecular flexibility index (Phi) is 4.62. The molecule has 1 unspecified atom stereocenters. The minimum absolute atomic E-state index is 0.0229. The van der Waals surface area contributed by atoms with Crippen molar-refractivity contribution in [3.8, 4) is 0 Å². The van der Waals surface area contributed by atoms with E-state index >= 15 is 0 Å². The number of benzene rings is 1. The minimum Gasteiger partial charge on any atom is -0.465 e. The summed E-state index contributed by atoms with van der Waals surface area (Å²) in [5.74, 6) is -2.21. The fraction of sp³-hybridized carbons (Fsp3) is 0.385. The second-order valence-electron chi connectivity index (χ2n) is 4.55. The Morgan fingerprint density at radius 1 is 1.29 bits per heavy atom. The van der Waals surface area contributed by atoms with E-state index in [2.05, 4.69) is 4.74 Å². The second-order valence-corrected chi connectivity index (χ2v) is 4.55. The zero-order valence-corrected chi connectivity index (χ0v) is 11.5. The Labute approximate surface area is 118 Å². The number of anilines is 1. The lowest BCUT2D eigenvalue weighted by Crippen LogP contribution is -2.52. The summed E-state index contributed by atoms with van der Waals surface area (Å²) in [4.78, 5) is 22.9. The largest absolute Gasteiger partial charge is 0.465 e. The average molecular weight is 305 g/mol. The molecule has 0 aliphatic rings. The number of rotatable bonds is 3. The molecule has 1 amide bonds. The summed E-state index contributed by atoms with van der Waals surface area (Å²) in [6, 6.07) is 3.85. The molecule has 1 aromatic carbocycles. The Hall–Kier alpha value is -2.09. The van der Waals surface area contributed by atoms with Crippen LogP contribution in [0.25, 0.3) is 0 Å². The van der Waals surface area contributed by atoms with Crippen molar-refractivity contribution in [2.24, 2.45) is 0 Å². The Balaban J connectivity index is 2.98. The first-order valence-corrected chi connectivity index (χ1v) is 5.80. The van der Waals surface area contributed by atoms with Crippen LogP contribution in [-0.4, -0.2) is 35.9 Å². The fourth-order valence-corrected chi connectivity index (χ4v) is 1.46. The molecule has 0 fully saturated rings. The number of carbonyl (C=O) groups excluding carboxylic acids is 2. The first-order chi connectivity index (χ1) is 9.50. The molecule has 116 valence electrons. The molecule has 0 heterocycles. The van der Waals surface area contributed by atoms with Crippen molar-refractivity contribution >= 4 is 17.6 Å². The summed E-state index contributed by atoms with van der Waals surface area (Å²) in [7, 11) is 1.19. The van der Waals surface area contributed by atoms with Crippen molar-refractivity contribution in [2.45, 2.75) is 25.6 Å². The van der Waals surface area contributed by atoms with Crippen LogP contribution < -0.4 is 5.32 Å². The molecular weight excluding hydrogens is 291 g/mol. The van der Waals surface area contributed by atoms with Gasteiger partial charge >= 0.3 is 12.1 Å². The highest BCUT2D eigenvalue weighted by Gasteiger charge is 2.55. The minimum atomic E-state index is -5.10. The Bertz CT molecular complexity index is 567. The second kappa shape index (κ2) is 5.72. The van der Waals surface area contributed by atoms with Gasteiger partial charge in [0.05, 0.1) is 12.7 Å².